The van der Waals surface area contributed by atoms with Gasteiger partial charge < -0.3 is 5.11 Å². The van der Waals surface area contributed by atoms with E-state index in [0.717, 1.165) is 23.2 Å². The van der Waals surface area contributed by atoms with E-state index in [1.807, 2.05) is 51.1 Å². The molecule has 0 amide bonds. The number of rotatable bonds is 8. The van der Waals surface area contributed by atoms with Gasteiger partial charge in [0.15, 0.2) is 0 Å². The molecule has 2 aromatic carbocycles. The number of alkyl halides is 1. The molecule has 0 unspecified atom stereocenters. The van der Waals surface area contributed by atoms with Gasteiger partial charge in [0.1, 0.15) is 6.67 Å². The van der Waals surface area contributed by atoms with Crippen LogP contribution >= 0.6 is 0 Å². The quantitative estimate of drug-likeness (QED) is 0.464. The van der Waals surface area contributed by atoms with Crippen LogP contribution in [0.4, 0.5) is 4.39 Å². The molecule has 1 N–H and O–H groups in total. The predicted octanol–water partition coefficient (Wildman–Crippen LogP) is 5.88. The SMILES string of the molecule is CC(C)CCc1c(CF)n(C(C)(C)C)c(=O)n1Cc1ccc(-c2ccccc2C(=O)O)cc1. The van der Waals surface area contributed by atoms with E-state index in [9.17, 15) is 19.1 Å². The Hall–Kier alpha value is -3.15. The summed E-state index contributed by atoms with van der Waals surface area (Å²) in [5, 5.41) is 9.47. The van der Waals surface area contributed by atoms with Gasteiger partial charge in [-0.25, -0.2) is 14.0 Å². The first kappa shape index (κ1) is 24.5. The fraction of sp³-hybridized carbons (Fsp3) is 0.407. The van der Waals surface area contributed by atoms with Gasteiger partial charge in [-0.15, -0.1) is 0 Å². The average molecular weight is 453 g/mol. The third kappa shape index (κ3) is 5.27. The van der Waals surface area contributed by atoms with Crippen LogP contribution in [0.2, 0.25) is 0 Å². The Labute approximate surface area is 194 Å². The molecule has 3 rings (SSSR count). The summed E-state index contributed by atoms with van der Waals surface area (Å²) in [6, 6.07) is 14.4. The summed E-state index contributed by atoms with van der Waals surface area (Å²) in [5.41, 5.74) is 3.07. The Kier molecular flexibility index (Phi) is 7.25. The van der Waals surface area contributed by atoms with E-state index in [2.05, 4.69) is 13.8 Å². The zero-order valence-electron chi connectivity index (χ0n) is 20.1. The Morgan fingerprint density at radius 3 is 2.21 bits per heavy atom. The van der Waals surface area contributed by atoms with Crippen LogP contribution < -0.4 is 5.69 Å². The van der Waals surface area contributed by atoms with Gasteiger partial charge in [-0.1, -0.05) is 56.3 Å². The summed E-state index contributed by atoms with van der Waals surface area (Å²) in [6.07, 6.45) is 1.50. The highest BCUT2D eigenvalue weighted by Gasteiger charge is 2.27. The molecule has 0 bridgehead atoms. The molecule has 0 saturated heterocycles. The van der Waals surface area contributed by atoms with Crippen LogP contribution in [0.3, 0.4) is 0 Å². The molecule has 0 aliphatic carbocycles. The molecule has 0 spiro atoms. The van der Waals surface area contributed by atoms with E-state index in [0.29, 0.717) is 30.1 Å². The van der Waals surface area contributed by atoms with E-state index in [-0.39, 0.29) is 11.3 Å². The van der Waals surface area contributed by atoms with Crippen LogP contribution in [0, 0.1) is 5.92 Å². The zero-order chi connectivity index (χ0) is 24.3. The lowest BCUT2D eigenvalue weighted by Gasteiger charge is -2.22. The van der Waals surface area contributed by atoms with Crippen LogP contribution in [0.5, 0.6) is 0 Å². The van der Waals surface area contributed by atoms with E-state index in [1.165, 1.54) is 0 Å². The van der Waals surface area contributed by atoms with Crippen molar-refractivity contribution in [2.75, 3.05) is 0 Å². The molecule has 0 aliphatic heterocycles. The minimum absolute atomic E-state index is 0.200. The van der Waals surface area contributed by atoms with Gasteiger partial charge in [0.25, 0.3) is 0 Å². The largest absolute Gasteiger partial charge is 0.478 e. The molecule has 1 heterocycles. The molecular weight excluding hydrogens is 419 g/mol. The second-order valence-electron chi connectivity index (χ2n) is 9.88. The highest BCUT2D eigenvalue weighted by Crippen LogP contribution is 2.26. The Morgan fingerprint density at radius 2 is 1.67 bits per heavy atom. The predicted molar refractivity (Wildman–Crippen MR) is 130 cm³/mol. The second-order valence-corrected chi connectivity index (χ2v) is 9.88. The van der Waals surface area contributed by atoms with Crippen molar-refractivity contribution in [2.45, 2.75) is 66.2 Å². The summed E-state index contributed by atoms with van der Waals surface area (Å²) in [6.45, 7) is 9.63. The number of carbonyl (C=O) groups is 1. The Morgan fingerprint density at radius 1 is 1.03 bits per heavy atom. The Bertz CT molecular complexity index is 1180. The van der Waals surface area contributed by atoms with Crippen LogP contribution in [0.1, 0.15) is 68.3 Å². The van der Waals surface area contributed by atoms with Crippen molar-refractivity contribution >= 4 is 5.97 Å². The topological polar surface area (TPSA) is 64.2 Å². The number of halogens is 1. The number of carboxylic acid groups (broad SMARTS) is 1. The van der Waals surface area contributed by atoms with Crippen LogP contribution in [-0.2, 0) is 25.2 Å². The lowest BCUT2D eigenvalue weighted by molar-refractivity contribution is 0.0697. The van der Waals surface area contributed by atoms with Crippen molar-refractivity contribution in [3.05, 3.63) is 81.5 Å². The minimum Gasteiger partial charge on any atom is -0.478 e. The van der Waals surface area contributed by atoms with Crippen molar-refractivity contribution < 1.29 is 14.3 Å². The molecule has 5 nitrogen and oxygen atoms in total. The number of hydrogen-bond acceptors (Lipinski definition) is 2. The van der Waals surface area contributed by atoms with Crippen LogP contribution in [0.15, 0.2) is 53.3 Å². The first-order valence-corrected chi connectivity index (χ1v) is 11.4. The lowest BCUT2D eigenvalue weighted by Crippen LogP contribution is -2.36. The van der Waals surface area contributed by atoms with Gasteiger partial charge >= 0.3 is 11.7 Å². The number of aromatic nitrogens is 2. The van der Waals surface area contributed by atoms with Gasteiger partial charge in [0.2, 0.25) is 0 Å². The number of carboxylic acids is 1. The third-order valence-corrected chi connectivity index (χ3v) is 5.87. The maximum absolute atomic E-state index is 14.2. The molecule has 0 atom stereocenters. The number of benzene rings is 2. The molecule has 176 valence electrons. The molecule has 33 heavy (non-hydrogen) atoms. The molecule has 6 heteroatoms. The Balaban J connectivity index is 2.02. The van der Waals surface area contributed by atoms with Gasteiger partial charge in [-0.3, -0.25) is 9.13 Å². The maximum atomic E-state index is 14.2. The molecule has 3 aromatic rings. The monoisotopic (exact) mass is 452 g/mol. The maximum Gasteiger partial charge on any atom is 0.336 e. The summed E-state index contributed by atoms with van der Waals surface area (Å²) < 4.78 is 17.4. The van der Waals surface area contributed by atoms with E-state index >= 15 is 0 Å². The molecule has 0 saturated carbocycles. The normalized spacial score (nSPS) is 11.8. The summed E-state index contributed by atoms with van der Waals surface area (Å²) in [5.74, 6) is -0.536. The van der Waals surface area contributed by atoms with Crippen LogP contribution in [-0.4, -0.2) is 20.2 Å². The first-order valence-electron chi connectivity index (χ1n) is 11.4. The highest BCUT2D eigenvalue weighted by molar-refractivity contribution is 5.95. The van der Waals surface area contributed by atoms with Gasteiger partial charge in [-0.05, 0) is 62.3 Å². The van der Waals surface area contributed by atoms with Crippen molar-refractivity contribution in [1.29, 1.82) is 0 Å². The number of hydrogen-bond donors (Lipinski definition) is 1. The van der Waals surface area contributed by atoms with E-state index < -0.39 is 18.2 Å². The smallest absolute Gasteiger partial charge is 0.336 e. The van der Waals surface area contributed by atoms with Crippen molar-refractivity contribution in [3.8, 4) is 11.1 Å². The number of aromatic carboxylic acids is 1. The van der Waals surface area contributed by atoms with Crippen molar-refractivity contribution in [2.24, 2.45) is 5.92 Å². The minimum atomic E-state index is -0.974. The molecule has 0 aliphatic rings. The number of nitrogens with zero attached hydrogens (tertiary/aromatic N) is 2. The summed E-state index contributed by atoms with van der Waals surface area (Å²) >= 11 is 0. The van der Waals surface area contributed by atoms with Gasteiger partial charge in [0.05, 0.1) is 17.8 Å². The van der Waals surface area contributed by atoms with E-state index in [1.54, 1.807) is 27.3 Å². The summed E-state index contributed by atoms with van der Waals surface area (Å²) in [4.78, 5) is 24.9. The van der Waals surface area contributed by atoms with Crippen molar-refractivity contribution in [1.82, 2.24) is 9.13 Å². The fourth-order valence-electron chi connectivity index (χ4n) is 4.23. The fourth-order valence-corrected chi connectivity index (χ4v) is 4.23. The molecular formula is C27H33FN2O3. The first-order chi connectivity index (χ1) is 15.5. The highest BCUT2D eigenvalue weighted by atomic mass is 19.1. The standard InChI is InChI=1S/C27H33FN2O3/c1-18(2)10-15-23-24(16-28)30(27(3,4)5)26(33)29(23)17-19-11-13-20(14-12-19)21-8-6-7-9-22(21)25(31)32/h6-9,11-14,18H,10,15-17H2,1-5H3,(H,31,32). The molecule has 0 fully saturated rings. The van der Waals surface area contributed by atoms with Gasteiger partial charge in [0, 0.05) is 11.2 Å². The molecule has 0 radical (unpaired) electrons. The second kappa shape index (κ2) is 9.77. The van der Waals surface area contributed by atoms with Crippen LogP contribution in [0.25, 0.3) is 11.1 Å². The van der Waals surface area contributed by atoms with E-state index in [4.69, 9.17) is 0 Å². The average Bonchev–Trinajstić information content (AvgIpc) is 3.03. The number of imidazole rings is 1. The van der Waals surface area contributed by atoms with Crippen molar-refractivity contribution in [3.63, 3.8) is 0 Å². The third-order valence-electron chi connectivity index (χ3n) is 5.87. The lowest BCUT2D eigenvalue weighted by atomic mass is 9.98. The van der Waals surface area contributed by atoms with Gasteiger partial charge in [-0.2, -0.15) is 0 Å². The summed E-state index contributed by atoms with van der Waals surface area (Å²) in [7, 11) is 0. The molecule has 1 aromatic heterocycles. The zero-order valence-corrected chi connectivity index (χ0v) is 20.1.